The summed E-state index contributed by atoms with van der Waals surface area (Å²) >= 11 is 0. The number of Topliss-reactive ketones (excluding diaryl/α,β-unsaturated/α-hetero) is 1. The van der Waals surface area contributed by atoms with Crippen LogP contribution in [0.2, 0.25) is 0 Å². The number of benzene rings is 1. The van der Waals surface area contributed by atoms with Crippen molar-refractivity contribution in [2.75, 3.05) is 0 Å². The highest BCUT2D eigenvalue weighted by Crippen LogP contribution is 2.38. The third kappa shape index (κ3) is 2.43. The number of carbonyl (C=O) groups excluding carboxylic acids is 1. The Labute approximate surface area is 94.2 Å². The molecule has 7 heteroatoms. The standard InChI is InChI=1S/C10H8F3NO3/c1-5-8(14(16)17)4-3-7(6(2)15)9(5)10(11,12)13/h3-4H,1-2H3. The molecule has 1 aromatic rings. The summed E-state index contributed by atoms with van der Waals surface area (Å²) in [6, 6.07) is 1.73. The highest BCUT2D eigenvalue weighted by Gasteiger charge is 2.38. The normalized spacial score (nSPS) is 11.4. The lowest BCUT2D eigenvalue weighted by Crippen LogP contribution is -2.15. The minimum absolute atomic E-state index is 0.546. The fraction of sp³-hybridized carbons (Fsp3) is 0.300. The Kier molecular flexibility index (Phi) is 3.21. The predicted molar refractivity (Wildman–Crippen MR) is 52.8 cm³/mol. The first kappa shape index (κ1) is 13.1. The number of ketones is 1. The first-order valence-corrected chi connectivity index (χ1v) is 4.52. The van der Waals surface area contributed by atoms with Gasteiger partial charge in [0.2, 0.25) is 0 Å². The van der Waals surface area contributed by atoms with Gasteiger partial charge in [-0.1, -0.05) is 0 Å². The van der Waals surface area contributed by atoms with Crippen LogP contribution in [0, 0.1) is 17.0 Å². The second kappa shape index (κ2) is 4.15. The molecule has 0 saturated heterocycles. The molecule has 0 amide bonds. The van der Waals surface area contributed by atoms with E-state index in [4.69, 9.17) is 0 Å². The van der Waals surface area contributed by atoms with E-state index in [-0.39, 0.29) is 0 Å². The lowest BCUT2D eigenvalue weighted by molar-refractivity contribution is -0.385. The number of alkyl halides is 3. The molecule has 1 rings (SSSR count). The smallest absolute Gasteiger partial charge is 0.294 e. The molecule has 0 fully saturated rings. The van der Waals surface area contributed by atoms with E-state index in [1.54, 1.807) is 0 Å². The topological polar surface area (TPSA) is 60.2 Å². The van der Waals surface area contributed by atoms with E-state index in [1.165, 1.54) is 0 Å². The van der Waals surface area contributed by atoms with Crippen molar-refractivity contribution in [3.05, 3.63) is 38.9 Å². The van der Waals surface area contributed by atoms with Crippen LogP contribution in [0.15, 0.2) is 12.1 Å². The van der Waals surface area contributed by atoms with Crippen molar-refractivity contribution < 1.29 is 22.9 Å². The van der Waals surface area contributed by atoms with E-state index in [0.717, 1.165) is 26.0 Å². The second-order valence-electron chi connectivity index (χ2n) is 3.44. The number of nitro groups is 1. The fourth-order valence-corrected chi connectivity index (χ4v) is 1.56. The Morgan fingerprint density at radius 2 is 1.88 bits per heavy atom. The summed E-state index contributed by atoms with van der Waals surface area (Å²) in [5.41, 5.74) is -2.99. The van der Waals surface area contributed by atoms with Crippen LogP contribution in [0.3, 0.4) is 0 Å². The molecule has 17 heavy (non-hydrogen) atoms. The Bertz CT molecular complexity index is 494. The third-order valence-corrected chi connectivity index (χ3v) is 2.30. The number of carbonyl (C=O) groups is 1. The minimum atomic E-state index is -4.79. The minimum Gasteiger partial charge on any atom is -0.294 e. The van der Waals surface area contributed by atoms with Crippen LogP contribution in [0.4, 0.5) is 18.9 Å². The number of hydrogen-bond donors (Lipinski definition) is 0. The zero-order chi connectivity index (χ0) is 13.4. The second-order valence-corrected chi connectivity index (χ2v) is 3.44. The number of rotatable bonds is 2. The fourth-order valence-electron chi connectivity index (χ4n) is 1.56. The molecule has 0 aromatic heterocycles. The molecule has 0 saturated carbocycles. The van der Waals surface area contributed by atoms with Crippen LogP contribution >= 0.6 is 0 Å². The number of nitro benzene ring substituents is 1. The summed E-state index contributed by atoms with van der Waals surface area (Å²) < 4.78 is 38.2. The molecule has 0 unspecified atom stereocenters. The molecule has 0 aliphatic carbocycles. The van der Waals surface area contributed by atoms with Gasteiger partial charge >= 0.3 is 6.18 Å². The van der Waals surface area contributed by atoms with E-state index in [1.807, 2.05) is 0 Å². The van der Waals surface area contributed by atoms with Gasteiger partial charge in [0.15, 0.2) is 5.78 Å². The van der Waals surface area contributed by atoms with E-state index >= 15 is 0 Å². The molecule has 92 valence electrons. The highest BCUT2D eigenvalue weighted by atomic mass is 19.4. The zero-order valence-electron chi connectivity index (χ0n) is 8.96. The van der Waals surface area contributed by atoms with Crippen LogP contribution in [-0.2, 0) is 6.18 Å². The first-order chi connectivity index (χ1) is 7.66. The molecular formula is C10H8F3NO3. The summed E-state index contributed by atoms with van der Waals surface area (Å²) in [5.74, 6) is -0.782. The van der Waals surface area contributed by atoms with Crippen LogP contribution in [0.25, 0.3) is 0 Å². The molecule has 0 heterocycles. The largest absolute Gasteiger partial charge is 0.417 e. The number of nitrogens with zero attached hydrogens (tertiary/aromatic N) is 1. The molecule has 4 nitrogen and oxygen atoms in total. The van der Waals surface area contributed by atoms with Gasteiger partial charge in [-0.15, -0.1) is 0 Å². The monoisotopic (exact) mass is 247 g/mol. The number of hydrogen-bond acceptors (Lipinski definition) is 3. The first-order valence-electron chi connectivity index (χ1n) is 4.52. The van der Waals surface area contributed by atoms with Crippen molar-refractivity contribution in [3.8, 4) is 0 Å². The van der Waals surface area contributed by atoms with Crippen molar-refractivity contribution in [2.45, 2.75) is 20.0 Å². The van der Waals surface area contributed by atoms with Crippen LogP contribution < -0.4 is 0 Å². The lowest BCUT2D eigenvalue weighted by Gasteiger charge is -2.13. The zero-order valence-corrected chi connectivity index (χ0v) is 8.96. The molecule has 1 aromatic carbocycles. The Morgan fingerprint density at radius 3 is 2.24 bits per heavy atom. The van der Waals surface area contributed by atoms with Gasteiger partial charge in [-0.25, -0.2) is 0 Å². The van der Waals surface area contributed by atoms with Gasteiger partial charge in [-0.2, -0.15) is 13.2 Å². The van der Waals surface area contributed by atoms with Crippen LogP contribution in [-0.4, -0.2) is 10.7 Å². The van der Waals surface area contributed by atoms with Gasteiger partial charge in [-0.05, 0) is 19.9 Å². The molecule has 0 atom stereocenters. The molecule has 0 aliphatic rings. The van der Waals surface area contributed by atoms with Crippen molar-refractivity contribution in [2.24, 2.45) is 0 Å². The molecule has 0 radical (unpaired) electrons. The molecular weight excluding hydrogens is 239 g/mol. The van der Waals surface area contributed by atoms with E-state index in [2.05, 4.69) is 0 Å². The van der Waals surface area contributed by atoms with E-state index < -0.39 is 39.3 Å². The summed E-state index contributed by atoms with van der Waals surface area (Å²) in [7, 11) is 0. The van der Waals surface area contributed by atoms with Crippen LogP contribution in [0.5, 0.6) is 0 Å². The maximum absolute atomic E-state index is 12.7. The van der Waals surface area contributed by atoms with Crippen LogP contribution in [0.1, 0.15) is 28.4 Å². The summed E-state index contributed by atoms with van der Waals surface area (Å²) in [4.78, 5) is 20.7. The SMILES string of the molecule is CC(=O)c1ccc([N+](=O)[O-])c(C)c1C(F)(F)F. The Morgan fingerprint density at radius 1 is 1.35 bits per heavy atom. The average molecular weight is 247 g/mol. The van der Waals surface area contributed by atoms with Crippen molar-refractivity contribution in [3.63, 3.8) is 0 Å². The Balaban J connectivity index is 3.65. The van der Waals surface area contributed by atoms with E-state index in [0.29, 0.717) is 0 Å². The summed E-state index contributed by atoms with van der Waals surface area (Å²) in [6.45, 7) is 1.96. The molecule has 0 aliphatic heterocycles. The molecule has 0 bridgehead atoms. The molecule has 0 spiro atoms. The summed E-state index contributed by atoms with van der Waals surface area (Å²) in [6.07, 6.45) is -4.79. The number of halogens is 3. The van der Waals surface area contributed by atoms with Gasteiger partial charge in [-0.3, -0.25) is 14.9 Å². The van der Waals surface area contributed by atoms with Crippen molar-refractivity contribution in [1.82, 2.24) is 0 Å². The highest BCUT2D eigenvalue weighted by molar-refractivity contribution is 5.96. The third-order valence-electron chi connectivity index (χ3n) is 2.30. The van der Waals surface area contributed by atoms with Gasteiger partial charge in [0, 0.05) is 17.2 Å². The quantitative estimate of drug-likeness (QED) is 0.458. The van der Waals surface area contributed by atoms with E-state index in [9.17, 15) is 28.1 Å². The lowest BCUT2D eigenvalue weighted by atomic mass is 9.97. The average Bonchev–Trinajstić information content (AvgIpc) is 2.14. The maximum Gasteiger partial charge on any atom is 0.417 e. The van der Waals surface area contributed by atoms with Gasteiger partial charge in [0.1, 0.15) is 0 Å². The van der Waals surface area contributed by atoms with Gasteiger partial charge < -0.3 is 0 Å². The summed E-state index contributed by atoms with van der Waals surface area (Å²) in [5, 5.41) is 10.5. The van der Waals surface area contributed by atoms with Gasteiger partial charge in [0.25, 0.3) is 5.69 Å². The predicted octanol–water partition coefficient (Wildman–Crippen LogP) is 3.12. The molecule has 0 N–H and O–H groups in total. The van der Waals surface area contributed by atoms with Crippen molar-refractivity contribution in [1.29, 1.82) is 0 Å². The maximum atomic E-state index is 12.7. The van der Waals surface area contributed by atoms with Crippen molar-refractivity contribution >= 4 is 11.5 Å². The Hall–Kier alpha value is -1.92. The van der Waals surface area contributed by atoms with Gasteiger partial charge in [0.05, 0.1) is 10.5 Å².